The molecule has 0 unspecified atom stereocenters. The summed E-state index contributed by atoms with van der Waals surface area (Å²) in [6, 6.07) is 7.70. The Morgan fingerprint density at radius 1 is 1.24 bits per heavy atom. The summed E-state index contributed by atoms with van der Waals surface area (Å²) in [5.41, 5.74) is 1.09. The van der Waals surface area contributed by atoms with Crippen molar-refractivity contribution in [3.63, 3.8) is 0 Å². The van der Waals surface area contributed by atoms with Gasteiger partial charge in [0.05, 0.1) is 25.7 Å². The maximum absolute atomic E-state index is 12.4. The van der Waals surface area contributed by atoms with Gasteiger partial charge in [0.1, 0.15) is 0 Å². The quantitative estimate of drug-likeness (QED) is 0.858. The number of rotatable bonds is 4. The van der Waals surface area contributed by atoms with Crippen LogP contribution in [0.2, 0.25) is 5.02 Å². The fraction of sp³-hybridized carbons (Fsp3) is 0.562. The molecule has 3 heterocycles. The summed E-state index contributed by atoms with van der Waals surface area (Å²) in [6.07, 6.45) is 0. The van der Waals surface area contributed by atoms with Crippen molar-refractivity contribution in [3.05, 3.63) is 34.9 Å². The van der Waals surface area contributed by atoms with Crippen LogP contribution in [0.25, 0.3) is 0 Å². The number of hydrogen-bond acceptors (Lipinski definition) is 2. The molecule has 0 radical (unpaired) electrons. The summed E-state index contributed by atoms with van der Waals surface area (Å²) < 4.78 is 0.968. The first kappa shape index (κ1) is 14.8. The third-order valence-corrected chi connectivity index (χ3v) is 5.15. The van der Waals surface area contributed by atoms with E-state index in [1.807, 2.05) is 31.2 Å². The molecule has 0 aliphatic carbocycles. The molecule has 114 valence electrons. The molecule has 1 aromatic rings. The van der Waals surface area contributed by atoms with Crippen molar-refractivity contribution in [3.8, 4) is 0 Å². The van der Waals surface area contributed by atoms with Crippen molar-refractivity contribution in [2.45, 2.75) is 13.0 Å². The first-order valence-corrected chi connectivity index (χ1v) is 8.06. The Hall–Kier alpha value is -1.10. The van der Waals surface area contributed by atoms with Gasteiger partial charge >= 0.3 is 0 Å². The second kappa shape index (κ2) is 5.95. The third-order valence-electron chi connectivity index (χ3n) is 4.90. The van der Waals surface area contributed by atoms with Crippen LogP contribution in [-0.4, -0.2) is 61.1 Å². The minimum atomic E-state index is 0.0269. The number of benzene rings is 1. The predicted molar refractivity (Wildman–Crippen MR) is 84.2 cm³/mol. The van der Waals surface area contributed by atoms with E-state index >= 15 is 0 Å². The topological polar surface area (TPSA) is 32.3 Å². The maximum Gasteiger partial charge on any atom is 0.275 e. The molecular formula is C16H23ClN3O+. The smallest absolute Gasteiger partial charge is 0.275 e. The van der Waals surface area contributed by atoms with Crippen LogP contribution >= 0.6 is 11.6 Å². The van der Waals surface area contributed by atoms with Gasteiger partial charge in [-0.05, 0) is 24.6 Å². The number of quaternary nitrogens is 1. The van der Waals surface area contributed by atoms with Gasteiger partial charge in [-0.2, -0.15) is 0 Å². The summed E-state index contributed by atoms with van der Waals surface area (Å²) in [5, 5.41) is 3.85. The van der Waals surface area contributed by atoms with E-state index in [4.69, 9.17) is 11.6 Å². The highest BCUT2D eigenvalue weighted by atomic mass is 35.5. The van der Waals surface area contributed by atoms with E-state index < -0.39 is 0 Å². The van der Waals surface area contributed by atoms with E-state index in [9.17, 15) is 4.79 Å². The van der Waals surface area contributed by atoms with Crippen molar-refractivity contribution in [2.75, 3.05) is 45.8 Å². The average Bonchev–Trinajstić information content (AvgIpc) is 2.49. The monoisotopic (exact) mass is 308 g/mol. The summed E-state index contributed by atoms with van der Waals surface area (Å²) >= 11 is 5.90. The van der Waals surface area contributed by atoms with Crippen molar-refractivity contribution in [2.24, 2.45) is 0 Å². The van der Waals surface area contributed by atoms with Crippen molar-refractivity contribution >= 4 is 17.5 Å². The number of halogens is 1. The number of nitrogens with one attached hydrogen (secondary N) is 1. The molecule has 4 rings (SSSR count). The number of nitrogens with zero attached hydrogens (tertiary/aromatic N) is 2. The van der Waals surface area contributed by atoms with E-state index in [-0.39, 0.29) is 11.9 Å². The van der Waals surface area contributed by atoms with Crippen LogP contribution in [0.1, 0.15) is 18.5 Å². The first-order valence-electron chi connectivity index (χ1n) is 7.69. The summed E-state index contributed by atoms with van der Waals surface area (Å²) in [4.78, 5) is 14.9. The van der Waals surface area contributed by atoms with Gasteiger partial charge in [0.2, 0.25) is 0 Å². The molecule has 0 saturated carbocycles. The molecule has 21 heavy (non-hydrogen) atoms. The number of hydrogen-bond donors (Lipinski definition) is 1. The largest absolute Gasteiger partial charge is 0.345 e. The molecule has 4 nitrogen and oxygen atoms in total. The van der Waals surface area contributed by atoms with Gasteiger partial charge in [-0.25, -0.2) is 0 Å². The van der Waals surface area contributed by atoms with Crippen molar-refractivity contribution in [1.29, 1.82) is 0 Å². The molecule has 0 spiro atoms. The van der Waals surface area contributed by atoms with Gasteiger partial charge in [0.15, 0.2) is 6.54 Å². The molecule has 3 aliphatic heterocycles. The SMILES string of the molecule is C[C@H](NC(=O)C[N+]12CCN(CC1)CC2)c1ccc(Cl)cc1. The Balaban J connectivity index is 1.57. The minimum Gasteiger partial charge on any atom is -0.345 e. The van der Waals surface area contributed by atoms with Crippen LogP contribution < -0.4 is 5.32 Å². The second-order valence-corrected chi connectivity index (χ2v) is 6.79. The highest BCUT2D eigenvalue weighted by Crippen LogP contribution is 2.20. The summed E-state index contributed by atoms with van der Waals surface area (Å²) in [5.74, 6) is 0.160. The number of fused-ring (bicyclic) bond motifs is 3. The predicted octanol–water partition coefficient (Wildman–Crippen LogP) is 1.66. The molecule has 3 fully saturated rings. The maximum atomic E-state index is 12.4. The molecule has 3 saturated heterocycles. The fourth-order valence-corrected chi connectivity index (χ4v) is 3.52. The van der Waals surface area contributed by atoms with E-state index in [0.717, 1.165) is 54.3 Å². The molecule has 2 bridgehead atoms. The Labute approximate surface area is 131 Å². The van der Waals surface area contributed by atoms with Gasteiger partial charge in [-0.3, -0.25) is 9.69 Å². The molecule has 0 aromatic heterocycles. The Morgan fingerprint density at radius 3 is 2.38 bits per heavy atom. The number of amides is 1. The highest BCUT2D eigenvalue weighted by molar-refractivity contribution is 6.30. The zero-order valence-electron chi connectivity index (χ0n) is 12.5. The van der Waals surface area contributed by atoms with Crippen molar-refractivity contribution < 1.29 is 9.28 Å². The van der Waals surface area contributed by atoms with E-state index in [1.54, 1.807) is 0 Å². The van der Waals surface area contributed by atoms with Gasteiger partial charge in [-0.1, -0.05) is 23.7 Å². The van der Waals surface area contributed by atoms with Gasteiger partial charge in [-0.15, -0.1) is 0 Å². The van der Waals surface area contributed by atoms with E-state index in [1.165, 1.54) is 0 Å². The molecule has 1 N–H and O–H groups in total. The number of carbonyl (C=O) groups is 1. The van der Waals surface area contributed by atoms with Crippen LogP contribution in [0.5, 0.6) is 0 Å². The zero-order chi connectivity index (χ0) is 14.9. The summed E-state index contributed by atoms with van der Waals surface area (Å²) in [7, 11) is 0. The third kappa shape index (κ3) is 3.39. The van der Waals surface area contributed by atoms with E-state index in [0.29, 0.717) is 6.54 Å². The van der Waals surface area contributed by atoms with Crippen molar-refractivity contribution in [1.82, 2.24) is 10.2 Å². The summed E-state index contributed by atoms with van der Waals surface area (Å²) in [6.45, 7) is 9.40. The standard InChI is InChI=1S/C16H22ClN3O/c1-13(14-2-4-15(17)5-3-14)18-16(21)12-20-9-6-19(7-10-20)8-11-20/h2-5,13H,6-12H2,1H3/p+1/t13-/m0/s1. The number of carbonyl (C=O) groups excluding carboxylic acids is 1. The molecule has 5 heteroatoms. The molecule has 1 atom stereocenters. The second-order valence-electron chi connectivity index (χ2n) is 6.35. The first-order chi connectivity index (χ1) is 10.1. The lowest BCUT2D eigenvalue weighted by atomic mass is 10.1. The van der Waals surface area contributed by atoms with Gasteiger partial charge < -0.3 is 9.80 Å². The zero-order valence-corrected chi connectivity index (χ0v) is 13.3. The lowest BCUT2D eigenvalue weighted by molar-refractivity contribution is -0.933. The Kier molecular flexibility index (Phi) is 4.20. The molecule has 3 aliphatic rings. The van der Waals surface area contributed by atoms with Gasteiger partial charge in [0, 0.05) is 24.7 Å². The van der Waals surface area contributed by atoms with Crippen LogP contribution in [0.3, 0.4) is 0 Å². The highest BCUT2D eigenvalue weighted by Gasteiger charge is 2.39. The lowest BCUT2D eigenvalue weighted by Crippen LogP contribution is -2.69. The Morgan fingerprint density at radius 2 is 1.81 bits per heavy atom. The molecular weight excluding hydrogens is 286 g/mol. The van der Waals surface area contributed by atoms with Crippen LogP contribution in [0.15, 0.2) is 24.3 Å². The molecule has 1 aromatic carbocycles. The minimum absolute atomic E-state index is 0.0269. The van der Waals surface area contributed by atoms with Crippen LogP contribution in [0, 0.1) is 0 Å². The average molecular weight is 309 g/mol. The van der Waals surface area contributed by atoms with Crippen LogP contribution in [0.4, 0.5) is 0 Å². The van der Waals surface area contributed by atoms with Crippen LogP contribution in [-0.2, 0) is 4.79 Å². The Bertz CT molecular complexity index is 495. The van der Waals surface area contributed by atoms with Gasteiger partial charge in [0.25, 0.3) is 5.91 Å². The molecule has 1 amide bonds. The lowest BCUT2D eigenvalue weighted by Gasteiger charge is -2.50. The number of piperazine rings is 3. The normalized spacial score (nSPS) is 29.1. The fourth-order valence-electron chi connectivity index (χ4n) is 3.40. The van der Waals surface area contributed by atoms with E-state index in [2.05, 4.69) is 10.2 Å².